The molecule has 0 aromatic heterocycles. The van der Waals surface area contributed by atoms with Gasteiger partial charge in [0.2, 0.25) is 0 Å². The smallest absolute Gasteiger partial charge is 0.270 e. The van der Waals surface area contributed by atoms with Crippen LogP contribution in [0.4, 0.5) is 5.69 Å². The summed E-state index contributed by atoms with van der Waals surface area (Å²) in [4.78, 5) is 27.3. The van der Waals surface area contributed by atoms with E-state index in [4.69, 9.17) is 33.3 Å². The van der Waals surface area contributed by atoms with Crippen LogP contribution in [0.2, 0.25) is 5.02 Å². The first kappa shape index (κ1) is 23.8. The number of aryl methyl sites for hydroxylation is 2. The summed E-state index contributed by atoms with van der Waals surface area (Å²) in [5.41, 5.74) is 3.00. The van der Waals surface area contributed by atoms with E-state index in [-0.39, 0.29) is 16.8 Å². The normalized spacial score (nSPS) is 16.2. The molecular weight excluding hydrogens is 448 g/mol. The Morgan fingerprint density at radius 3 is 2.56 bits per heavy atom. The number of nitrogens with one attached hydrogen (secondary N) is 1. The summed E-state index contributed by atoms with van der Waals surface area (Å²) in [6, 6.07) is 8.95. The molecule has 2 amide bonds. The molecule has 1 unspecified atom stereocenters. The van der Waals surface area contributed by atoms with Crippen LogP contribution in [0.25, 0.3) is 6.08 Å². The average molecular weight is 473 g/mol. The highest BCUT2D eigenvalue weighted by Gasteiger charge is 2.35. The van der Waals surface area contributed by atoms with Crippen molar-refractivity contribution in [1.29, 1.82) is 0 Å². The second-order valence-electron chi connectivity index (χ2n) is 7.62. The predicted molar refractivity (Wildman–Crippen MR) is 131 cm³/mol. The molecule has 8 heteroatoms. The Kier molecular flexibility index (Phi) is 7.21. The number of hydrogen-bond donors (Lipinski definition) is 1. The molecule has 1 atom stereocenters. The van der Waals surface area contributed by atoms with E-state index >= 15 is 0 Å². The largest absolute Gasteiger partial charge is 0.493 e. The molecule has 0 radical (unpaired) electrons. The number of nitrogens with zero attached hydrogens (tertiary/aromatic N) is 1. The number of carbonyl (C=O) groups is 2. The van der Waals surface area contributed by atoms with Gasteiger partial charge in [0.05, 0.1) is 23.9 Å². The molecule has 1 aliphatic heterocycles. The third-order valence-corrected chi connectivity index (χ3v) is 5.72. The minimum absolute atomic E-state index is 0.0389. The second kappa shape index (κ2) is 9.71. The van der Waals surface area contributed by atoms with Crippen molar-refractivity contribution in [2.24, 2.45) is 0 Å². The molecule has 1 aliphatic rings. The van der Waals surface area contributed by atoms with Gasteiger partial charge in [0, 0.05) is 0 Å². The van der Waals surface area contributed by atoms with E-state index in [1.54, 1.807) is 12.1 Å². The third-order valence-electron chi connectivity index (χ3n) is 5.15. The van der Waals surface area contributed by atoms with Gasteiger partial charge < -0.3 is 9.47 Å². The quantitative estimate of drug-likeness (QED) is 0.365. The van der Waals surface area contributed by atoms with E-state index in [9.17, 15) is 9.59 Å². The summed E-state index contributed by atoms with van der Waals surface area (Å²) in [5, 5.41) is 2.96. The van der Waals surface area contributed by atoms with Crippen molar-refractivity contribution in [3.63, 3.8) is 0 Å². The van der Waals surface area contributed by atoms with Crippen molar-refractivity contribution in [2.45, 2.75) is 40.2 Å². The molecule has 2 aromatic rings. The molecular formula is C24H25ClN2O4S. The Hall–Kier alpha value is -2.90. The number of hydrogen-bond acceptors (Lipinski definition) is 5. The highest BCUT2D eigenvalue weighted by Crippen LogP contribution is 2.38. The van der Waals surface area contributed by atoms with Crippen LogP contribution < -0.4 is 19.7 Å². The summed E-state index contributed by atoms with van der Waals surface area (Å²) in [7, 11) is 1.50. The van der Waals surface area contributed by atoms with Gasteiger partial charge in [0.1, 0.15) is 5.57 Å². The molecule has 6 nitrogen and oxygen atoms in total. The van der Waals surface area contributed by atoms with Crippen LogP contribution in [-0.2, 0) is 9.59 Å². The van der Waals surface area contributed by atoms with Crippen LogP contribution in [0.5, 0.6) is 11.5 Å². The van der Waals surface area contributed by atoms with E-state index in [0.717, 1.165) is 17.5 Å². The lowest BCUT2D eigenvalue weighted by Gasteiger charge is -2.30. The minimum Gasteiger partial charge on any atom is -0.493 e. The second-order valence-corrected chi connectivity index (χ2v) is 8.41. The van der Waals surface area contributed by atoms with Crippen molar-refractivity contribution >= 4 is 52.5 Å². The van der Waals surface area contributed by atoms with Crippen molar-refractivity contribution in [2.75, 3.05) is 12.0 Å². The summed E-state index contributed by atoms with van der Waals surface area (Å²) in [6.45, 7) is 7.79. The summed E-state index contributed by atoms with van der Waals surface area (Å²) < 4.78 is 11.3. The summed E-state index contributed by atoms with van der Waals surface area (Å²) >= 11 is 11.7. The van der Waals surface area contributed by atoms with Gasteiger partial charge in [-0.2, -0.15) is 0 Å². The average Bonchev–Trinajstić information content (AvgIpc) is 2.73. The van der Waals surface area contributed by atoms with Crippen LogP contribution in [0, 0.1) is 13.8 Å². The minimum atomic E-state index is -0.573. The zero-order valence-electron chi connectivity index (χ0n) is 18.6. The number of amides is 2. The van der Waals surface area contributed by atoms with Crippen molar-refractivity contribution in [3.8, 4) is 11.5 Å². The number of ether oxygens (including phenoxy) is 2. The van der Waals surface area contributed by atoms with Crippen molar-refractivity contribution < 1.29 is 19.1 Å². The van der Waals surface area contributed by atoms with Gasteiger partial charge in [-0.15, -0.1) is 0 Å². The maximum Gasteiger partial charge on any atom is 0.270 e. The number of benzene rings is 2. The van der Waals surface area contributed by atoms with Crippen molar-refractivity contribution in [1.82, 2.24) is 5.32 Å². The lowest BCUT2D eigenvalue weighted by atomic mass is 10.0. The van der Waals surface area contributed by atoms with Gasteiger partial charge in [-0.05, 0) is 74.8 Å². The Morgan fingerprint density at radius 2 is 1.94 bits per heavy atom. The van der Waals surface area contributed by atoms with E-state index in [2.05, 4.69) is 5.32 Å². The van der Waals surface area contributed by atoms with Crippen LogP contribution in [0.3, 0.4) is 0 Å². The topological polar surface area (TPSA) is 67.9 Å². The molecule has 0 bridgehead atoms. The van der Waals surface area contributed by atoms with Gasteiger partial charge in [-0.25, -0.2) is 0 Å². The van der Waals surface area contributed by atoms with Gasteiger partial charge >= 0.3 is 0 Å². The molecule has 1 saturated heterocycles. The molecule has 3 rings (SSSR count). The zero-order valence-corrected chi connectivity index (χ0v) is 20.2. The highest BCUT2D eigenvalue weighted by molar-refractivity contribution is 7.80. The standard InChI is InChI=1S/C24H25ClN2O4S/c1-6-15(4)31-21-18(25)11-16(12-20(21)30-5)10-17-22(28)26-24(32)27(23(17)29)19-8-7-13(2)9-14(19)3/h7-12,15H,6H2,1-5H3,(H,26,28,32). The fourth-order valence-electron chi connectivity index (χ4n) is 3.32. The number of anilines is 1. The van der Waals surface area contributed by atoms with Gasteiger partial charge in [0.15, 0.2) is 16.6 Å². The number of carbonyl (C=O) groups excluding carboxylic acids is 2. The van der Waals surface area contributed by atoms with Gasteiger partial charge in [0.25, 0.3) is 11.8 Å². The molecule has 1 heterocycles. The van der Waals surface area contributed by atoms with E-state index < -0.39 is 11.8 Å². The lowest BCUT2D eigenvalue weighted by molar-refractivity contribution is -0.122. The van der Waals surface area contributed by atoms with E-state index in [1.807, 2.05) is 45.9 Å². The SMILES string of the molecule is CCC(C)Oc1c(Cl)cc(C=C2C(=O)NC(=S)N(c3ccc(C)cc3C)C2=O)cc1OC. The Labute approximate surface area is 198 Å². The Morgan fingerprint density at radius 1 is 1.22 bits per heavy atom. The molecule has 0 aliphatic carbocycles. The van der Waals surface area contributed by atoms with Crippen LogP contribution >= 0.6 is 23.8 Å². The maximum absolute atomic E-state index is 13.3. The number of rotatable bonds is 6. The zero-order chi connectivity index (χ0) is 23.6. The van der Waals surface area contributed by atoms with Crippen molar-refractivity contribution in [3.05, 3.63) is 57.6 Å². The fourth-order valence-corrected chi connectivity index (χ4v) is 3.86. The molecule has 0 saturated carbocycles. The molecule has 168 valence electrons. The maximum atomic E-state index is 13.3. The third kappa shape index (κ3) is 4.79. The molecule has 2 aromatic carbocycles. The fraction of sp³-hybridized carbons (Fsp3) is 0.292. The summed E-state index contributed by atoms with van der Waals surface area (Å²) in [5.74, 6) is -0.255. The summed E-state index contributed by atoms with van der Waals surface area (Å²) in [6.07, 6.45) is 2.22. The lowest BCUT2D eigenvalue weighted by Crippen LogP contribution is -2.54. The highest BCUT2D eigenvalue weighted by atomic mass is 35.5. The molecule has 32 heavy (non-hydrogen) atoms. The van der Waals surface area contributed by atoms with Gasteiger partial charge in [-0.1, -0.05) is 36.2 Å². The molecule has 0 spiro atoms. The first-order valence-electron chi connectivity index (χ1n) is 10.2. The van der Waals surface area contributed by atoms with Gasteiger partial charge in [-0.3, -0.25) is 19.8 Å². The predicted octanol–water partition coefficient (Wildman–Crippen LogP) is 4.97. The first-order chi connectivity index (χ1) is 15.2. The van der Waals surface area contributed by atoms with E-state index in [1.165, 1.54) is 18.1 Å². The van der Waals surface area contributed by atoms with Crippen LogP contribution in [0.15, 0.2) is 35.9 Å². The van der Waals surface area contributed by atoms with E-state index in [0.29, 0.717) is 27.8 Å². The number of methoxy groups -OCH3 is 1. The first-order valence-corrected chi connectivity index (χ1v) is 11.0. The Bertz CT molecular complexity index is 1130. The molecule has 1 N–H and O–H groups in total. The molecule has 1 fully saturated rings. The van der Waals surface area contributed by atoms with Crippen LogP contribution in [0.1, 0.15) is 37.0 Å². The van der Waals surface area contributed by atoms with Crippen LogP contribution in [-0.4, -0.2) is 30.1 Å². The number of halogens is 1. The monoisotopic (exact) mass is 472 g/mol. The number of thiocarbonyl (C=S) groups is 1. The Balaban J connectivity index is 2.03.